The molecule has 0 radical (unpaired) electrons. The van der Waals surface area contributed by atoms with Gasteiger partial charge in [0, 0.05) is 49.7 Å². The fourth-order valence-corrected chi connectivity index (χ4v) is 6.45. The molecule has 4 aromatic carbocycles. The number of anilines is 4. The molecule has 4 aromatic rings. The molecular formula is C31H28N2. The number of hydrogen-bond donors (Lipinski definition) is 0. The smallest absolute Gasteiger partial charge is 0.0473 e. The molecule has 0 aromatic heterocycles. The van der Waals surface area contributed by atoms with Crippen molar-refractivity contribution in [1.82, 2.24) is 0 Å². The Balaban J connectivity index is 1.34. The molecule has 0 N–H and O–H groups in total. The number of fused-ring (bicyclic) bond motifs is 7. The van der Waals surface area contributed by atoms with E-state index in [0.29, 0.717) is 0 Å². The van der Waals surface area contributed by atoms with Crippen LogP contribution in [0.3, 0.4) is 0 Å². The van der Waals surface area contributed by atoms with Gasteiger partial charge in [0.1, 0.15) is 0 Å². The van der Waals surface area contributed by atoms with Gasteiger partial charge in [-0.25, -0.2) is 0 Å². The lowest BCUT2D eigenvalue weighted by Gasteiger charge is -2.32. The van der Waals surface area contributed by atoms with Crippen LogP contribution in [0.4, 0.5) is 22.7 Å². The molecular weight excluding hydrogens is 400 g/mol. The zero-order valence-corrected chi connectivity index (χ0v) is 19.8. The number of hydrogen-bond acceptors (Lipinski definition) is 2. The average molecular weight is 429 g/mol. The van der Waals surface area contributed by atoms with Gasteiger partial charge in [-0.2, -0.15) is 0 Å². The SMILES string of the molecule is Cc1ccc2c(c1)Cc1cc3c(cc1N2C)Cc1cc2c(cc1-3)Cc1cccc(C)c1N2C. The molecule has 0 saturated heterocycles. The summed E-state index contributed by atoms with van der Waals surface area (Å²) in [6.45, 7) is 4.42. The van der Waals surface area contributed by atoms with E-state index in [4.69, 9.17) is 0 Å². The number of para-hydroxylation sites is 1. The largest absolute Gasteiger partial charge is 0.344 e. The molecule has 2 heteroatoms. The summed E-state index contributed by atoms with van der Waals surface area (Å²) in [5.74, 6) is 0. The maximum absolute atomic E-state index is 2.48. The fourth-order valence-electron chi connectivity index (χ4n) is 6.45. The molecule has 2 aliphatic heterocycles. The van der Waals surface area contributed by atoms with E-state index >= 15 is 0 Å². The van der Waals surface area contributed by atoms with Crippen molar-refractivity contribution in [3.8, 4) is 11.1 Å². The number of benzene rings is 4. The summed E-state index contributed by atoms with van der Waals surface area (Å²) < 4.78 is 0. The maximum atomic E-state index is 2.48. The molecule has 162 valence electrons. The Morgan fingerprint density at radius 3 is 1.88 bits per heavy atom. The van der Waals surface area contributed by atoms with Crippen molar-refractivity contribution in [3.05, 3.63) is 105 Å². The van der Waals surface area contributed by atoms with Crippen LogP contribution in [-0.2, 0) is 19.3 Å². The van der Waals surface area contributed by atoms with Crippen LogP contribution in [0.25, 0.3) is 11.1 Å². The highest BCUT2D eigenvalue weighted by Gasteiger charge is 2.29. The van der Waals surface area contributed by atoms with Gasteiger partial charge in [-0.1, -0.05) is 35.9 Å². The van der Waals surface area contributed by atoms with E-state index in [1.54, 1.807) is 0 Å². The molecule has 3 aliphatic rings. The van der Waals surface area contributed by atoms with Gasteiger partial charge >= 0.3 is 0 Å². The van der Waals surface area contributed by atoms with Gasteiger partial charge < -0.3 is 9.80 Å². The van der Waals surface area contributed by atoms with Crippen LogP contribution < -0.4 is 9.80 Å². The topological polar surface area (TPSA) is 6.48 Å². The van der Waals surface area contributed by atoms with E-state index < -0.39 is 0 Å². The monoisotopic (exact) mass is 428 g/mol. The zero-order chi connectivity index (χ0) is 22.4. The molecule has 7 rings (SSSR count). The minimum Gasteiger partial charge on any atom is -0.344 e. The Labute approximate surface area is 196 Å². The van der Waals surface area contributed by atoms with Crippen LogP contribution in [-0.4, -0.2) is 14.1 Å². The third-order valence-electron chi connectivity index (χ3n) is 8.02. The molecule has 1 aliphatic carbocycles. The Bertz CT molecular complexity index is 1480. The van der Waals surface area contributed by atoms with Crippen LogP contribution in [0.15, 0.2) is 60.7 Å². The van der Waals surface area contributed by atoms with Crippen molar-refractivity contribution in [2.45, 2.75) is 33.1 Å². The highest BCUT2D eigenvalue weighted by atomic mass is 15.1. The van der Waals surface area contributed by atoms with Crippen LogP contribution in [0, 0.1) is 13.8 Å². The average Bonchev–Trinajstić information content (AvgIpc) is 3.13. The highest BCUT2D eigenvalue weighted by Crippen LogP contribution is 2.48. The molecule has 0 fully saturated rings. The third kappa shape index (κ3) is 2.61. The van der Waals surface area contributed by atoms with Crippen LogP contribution >= 0.6 is 0 Å². The van der Waals surface area contributed by atoms with Gasteiger partial charge in [-0.15, -0.1) is 0 Å². The standard InChI is InChI=1S/C31H28N2/c1-18-8-9-28-23(10-18)13-25-15-27-21(16-29(25)32(28)3)12-22-17-30-24(14-26(22)27)11-20-7-5-6-19(2)31(20)33(30)4/h5-10,14-17H,11-13H2,1-4H3. The fraction of sp³-hybridized carbons (Fsp3) is 0.226. The highest BCUT2D eigenvalue weighted by molar-refractivity contribution is 5.87. The van der Waals surface area contributed by atoms with E-state index in [9.17, 15) is 0 Å². The Morgan fingerprint density at radius 1 is 0.545 bits per heavy atom. The van der Waals surface area contributed by atoms with Gasteiger partial charge in [0.25, 0.3) is 0 Å². The zero-order valence-electron chi connectivity index (χ0n) is 19.8. The summed E-state index contributed by atoms with van der Waals surface area (Å²) in [7, 11) is 4.44. The second kappa shape index (κ2) is 6.51. The second-order valence-electron chi connectivity index (χ2n) is 10.1. The summed E-state index contributed by atoms with van der Waals surface area (Å²) >= 11 is 0. The predicted molar refractivity (Wildman–Crippen MR) is 139 cm³/mol. The van der Waals surface area contributed by atoms with Crippen LogP contribution in [0.1, 0.15) is 44.5 Å². The van der Waals surface area contributed by atoms with Crippen molar-refractivity contribution in [1.29, 1.82) is 0 Å². The van der Waals surface area contributed by atoms with E-state index in [0.717, 1.165) is 19.3 Å². The lowest BCUT2D eigenvalue weighted by molar-refractivity contribution is 1.04. The summed E-state index contributed by atoms with van der Waals surface area (Å²) in [4.78, 5) is 4.79. The molecule has 0 saturated carbocycles. The predicted octanol–water partition coefficient (Wildman–Crippen LogP) is 7.22. The molecule has 33 heavy (non-hydrogen) atoms. The van der Waals surface area contributed by atoms with Gasteiger partial charge in [0.2, 0.25) is 0 Å². The summed E-state index contributed by atoms with van der Waals surface area (Å²) in [6.07, 6.45) is 3.05. The van der Waals surface area contributed by atoms with Crippen molar-refractivity contribution in [2.24, 2.45) is 0 Å². The minimum absolute atomic E-state index is 1.01. The molecule has 0 spiro atoms. The Hall–Kier alpha value is -3.52. The summed E-state index contributed by atoms with van der Waals surface area (Å²) in [5.41, 5.74) is 19.7. The first-order valence-electron chi connectivity index (χ1n) is 12.0. The van der Waals surface area contributed by atoms with Crippen molar-refractivity contribution in [2.75, 3.05) is 23.9 Å². The van der Waals surface area contributed by atoms with E-state index in [2.05, 4.69) is 98.4 Å². The number of aryl methyl sites for hydroxylation is 2. The molecule has 2 nitrogen and oxygen atoms in total. The maximum Gasteiger partial charge on any atom is 0.0473 e. The van der Waals surface area contributed by atoms with Crippen molar-refractivity contribution in [3.63, 3.8) is 0 Å². The lowest BCUT2D eigenvalue weighted by atomic mass is 9.89. The lowest BCUT2D eigenvalue weighted by Crippen LogP contribution is -2.20. The first kappa shape index (κ1) is 19.0. The molecule has 0 bridgehead atoms. The molecule has 0 amide bonds. The van der Waals surface area contributed by atoms with Crippen LogP contribution in [0.5, 0.6) is 0 Å². The quantitative estimate of drug-likeness (QED) is 0.257. The van der Waals surface area contributed by atoms with Crippen molar-refractivity contribution < 1.29 is 0 Å². The second-order valence-corrected chi connectivity index (χ2v) is 10.1. The number of rotatable bonds is 0. The Kier molecular flexibility index (Phi) is 3.75. The van der Waals surface area contributed by atoms with Crippen LogP contribution in [0.2, 0.25) is 0 Å². The van der Waals surface area contributed by atoms with Gasteiger partial charge in [-0.3, -0.25) is 0 Å². The van der Waals surface area contributed by atoms with E-state index in [1.165, 1.54) is 78.4 Å². The number of nitrogens with zero attached hydrogens (tertiary/aromatic N) is 2. The minimum atomic E-state index is 1.01. The molecule has 2 heterocycles. The van der Waals surface area contributed by atoms with Gasteiger partial charge in [0.15, 0.2) is 0 Å². The normalized spacial score (nSPS) is 14.8. The van der Waals surface area contributed by atoms with Gasteiger partial charge in [0.05, 0.1) is 0 Å². The van der Waals surface area contributed by atoms with Crippen molar-refractivity contribution >= 4 is 22.7 Å². The van der Waals surface area contributed by atoms with Gasteiger partial charge in [-0.05, 0) is 101 Å². The summed E-state index contributed by atoms with van der Waals surface area (Å²) in [6, 6.07) is 23.4. The summed E-state index contributed by atoms with van der Waals surface area (Å²) in [5, 5.41) is 0. The van der Waals surface area contributed by atoms with E-state index in [-0.39, 0.29) is 0 Å². The molecule has 0 unspecified atom stereocenters. The third-order valence-corrected chi connectivity index (χ3v) is 8.02. The Morgan fingerprint density at radius 2 is 1.15 bits per heavy atom. The first-order valence-corrected chi connectivity index (χ1v) is 12.0. The molecule has 0 atom stereocenters. The van der Waals surface area contributed by atoms with E-state index in [1.807, 2.05) is 0 Å². The first-order chi connectivity index (χ1) is 16.0.